The van der Waals surface area contributed by atoms with Gasteiger partial charge in [-0.05, 0) is 22.3 Å². The van der Waals surface area contributed by atoms with Gasteiger partial charge in [-0.3, -0.25) is 0 Å². The topological polar surface area (TPSA) is 58.9 Å². The van der Waals surface area contributed by atoms with Crippen molar-refractivity contribution in [3.63, 3.8) is 0 Å². The molecule has 1 aliphatic heterocycles. The first-order valence-corrected chi connectivity index (χ1v) is 11.5. The van der Waals surface area contributed by atoms with Crippen LogP contribution in [0.2, 0.25) is 0 Å². The zero-order valence-corrected chi connectivity index (χ0v) is 19.2. The molecule has 34 heavy (non-hydrogen) atoms. The van der Waals surface area contributed by atoms with Gasteiger partial charge in [-0.25, -0.2) is 0 Å². The van der Waals surface area contributed by atoms with Gasteiger partial charge in [0.2, 0.25) is 0 Å². The van der Waals surface area contributed by atoms with Crippen LogP contribution in [-0.4, -0.2) is 36.6 Å². The lowest BCUT2D eigenvalue weighted by molar-refractivity contribution is -0.0334. The van der Waals surface area contributed by atoms with Crippen molar-refractivity contribution in [3.8, 4) is 0 Å². The molecule has 0 radical (unpaired) electrons. The van der Waals surface area contributed by atoms with Crippen molar-refractivity contribution in [2.24, 2.45) is 0 Å². The summed E-state index contributed by atoms with van der Waals surface area (Å²) in [4.78, 5) is 0. The Labute approximate surface area is 202 Å². The van der Waals surface area contributed by atoms with E-state index >= 15 is 0 Å². The van der Waals surface area contributed by atoms with Gasteiger partial charge in [0, 0.05) is 0 Å². The van der Waals surface area contributed by atoms with E-state index in [1.165, 1.54) is 0 Å². The standard InChI is InChI=1S/2C13H12O.C4H8O2/c2*14-13(11-7-3-1-4-8-11)12-9-5-2-6-10-12;1-2-6-4-3-5-1/h2*1-10,13-14H;1-4H2. The van der Waals surface area contributed by atoms with E-state index in [9.17, 15) is 10.2 Å². The van der Waals surface area contributed by atoms with Gasteiger partial charge in [0.05, 0.1) is 26.4 Å². The zero-order valence-electron chi connectivity index (χ0n) is 19.2. The molecule has 5 rings (SSSR count). The summed E-state index contributed by atoms with van der Waals surface area (Å²) in [5, 5.41) is 20.0. The van der Waals surface area contributed by atoms with Crippen molar-refractivity contribution in [2.75, 3.05) is 26.4 Å². The Hall–Kier alpha value is -3.28. The fraction of sp³-hybridized carbons (Fsp3) is 0.200. The molecular formula is C30H32O4. The third-order valence-corrected chi connectivity index (χ3v) is 5.21. The molecule has 0 bridgehead atoms. The molecule has 1 aliphatic rings. The van der Waals surface area contributed by atoms with Gasteiger partial charge in [-0.2, -0.15) is 0 Å². The molecule has 0 atom stereocenters. The molecule has 4 aromatic rings. The Balaban J connectivity index is 0.000000154. The van der Waals surface area contributed by atoms with Crippen molar-refractivity contribution < 1.29 is 19.7 Å². The molecule has 0 aliphatic carbocycles. The molecule has 0 spiro atoms. The van der Waals surface area contributed by atoms with E-state index in [4.69, 9.17) is 9.47 Å². The maximum absolute atomic E-state index is 9.99. The molecule has 4 nitrogen and oxygen atoms in total. The Bertz CT molecular complexity index is 849. The SMILES string of the molecule is C1COCCO1.OC(c1ccccc1)c1ccccc1.OC(c1ccccc1)c1ccccc1. The van der Waals surface area contributed by atoms with Crippen molar-refractivity contribution in [1.29, 1.82) is 0 Å². The summed E-state index contributed by atoms with van der Waals surface area (Å²) in [6.07, 6.45) is -1.03. The lowest BCUT2D eigenvalue weighted by atomic mass is 10.0. The minimum atomic E-state index is -0.516. The molecule has 2 N–H and O–H groups in total. The molecule has 0 amide bonds. The van der Waals surface area contributed by atoms with Crippen LogP contribution in [0.25, 0.3) is 0 Å². The normalized spacial score (nSPS) is 12.8. The predicted molar refractivity (Wildman–Crippen MR) is 136 cm³/mol. The van der Waals surface area contributed by atoms with E-state index in [-0.39, 0.29) is 0 Å². The molecule has 1 saturated heterocycles. The van der Waals surface area contributed by atoms with Crippen LogP contribution in [0, 0.1) is 0 Å². The number of aliphatic hydroxyl groups excluding tert-OH is 2. The summed E-state index contributed by atoms with van der Waals surface area (Å²) in [6, 6.07) is 38.7. The first-order valence-electron chi connectivity index (χ1n) is 11.5. The zero-order chi connectivity index (χ0) is 23.8. The highest BCUT2D eigenvalue weighted by atomic mass is 16.6. The number of aliphatic hydroxyl groups is 2. The Morgan fingerprint density at radius 3 is 0.765 bits per heavy atom. The van der Waals surface area contributed by atoms with Gasteiger partial charge in [-0.15, -0.1) is 0 Å². The summed E-state index contributed by atoms with van der Waals surface area (Å²) < 4.78 is 9.89. The van der Waals surface area contributed by atoms with Crippen LogP contribution in [0.4, 0.5) is 0 Å². The maximum Gasteiger partial charge on any atom is 0.104 e. The minimum Gasteiger partial charge on any atom is -0.384 e. The van der Waals surface area contributed by atoms with Gasteiger partial charge < -0.3 is 19.7 Å². The second kappa shape index (κ2) is 14.8. The fourth-order valence-corrected chi connectivity index (χ4v) is 3.37. The summed E-state index contributed by atoms with van der Waals surface area (Å²) in [5.41, 5.74) is 3.72. The third-order valence-electron chi connectivity index (χ3n) is 5.21. The Morgan fingerprint density at radius 2 is 0.588 bits per heavy atom. The number of rotatable bonds is 4. The maximum atomic E-state index is 9.99. The number of hydrogen-bond donors (Lipinski definition) is 2. The van der Waals surface area contributed by atoms with E-state index in [1.807, 2.05) is 121 Å². The summed E-state index contributed by atoms with van der Waals surface area (Å²) >= 11 is 0. The van der Waals surface area contributed by atoms with E-state index < -0.39 is 12.2 Å². The molecule has 176 valence electrons. The van der Waals surface area contributed by atoms with E-state index in [0.29, 0.717) is 0 Å². The lowest BCUT2D eigenvalue weighted by Crippen LogP contribution is -2.16. The van der Waals surface area contributed by atoms with Gasteiger partial charge in [-0.1, -0.05) is 121 Å². The van der Waals surface area contributed by atoms with Gasteiger partial charge >= 0.3 is 0 Å². The van der Waals surface area contributed by atoms with E-state index in [0.717, 1.165) is 48.7 Å². The van der Waals surface area contributed by atoms with Crippen molar-refractivity contribution in [2.45, 2.75) is 12.2 Å². The first kappa shape index (κ1) is 25.3. The molecule has 4 aromatic carbocycles. The Morgan fingerprint density at radius 1 is 0.382 bits per heavy atom. The van der Waals surface area contributed by atoms with Crippen molar-refractivity contribution >= 4 is 0 Å². The van der Waals surface area contributed by atoms with Crippen molar-refractivity contribution in [1.82, 2.24) is 0 Å². The van der Waals surface area contributed by atoms with Crippen LogP contribution in [0.3, 0.4) is 0 Å². The molecule has 0 aromatic heterocycles. The summed E-state index contributed by atoms with van der Waals surface area (Å²) in [7, 11) is 0. The summed E-state index contributed by atoms with van der Waals surface area (Å²) in [5.74, 6) is 0. The minimum absolute atomic E-state index is 0.516. The third kappa shape index (κ3) is 8.58. The van der Waals surface area contributed by atoms with Gasteiger partial charge in [0.15, 0.2) is 0 Å². The Kier molecular flexibility index (Phi) is 11.0. The molecule has 0 unspecified atom stereocenters. The first-order chi connectivity index (χ1) is 16.8. The van der Waals surface area contributed by atoms with Gasteiger partial charge in [0.1, 0.15) is 12.2 Å². The van der Waals surface area contributed by atoms with Crippen LogP contribution in [0.15, 0.2) is 121 Å². The van der Waals surface area contributed by atoms with E-state index in [1.54, 1.807) is 0 Å². The van der Waals surface area contributed by atoms with E-state index in [2.05, 4.69) is 0 Å². The average molecular weight is 457 g/mol. The fourth-order valence-electron chi connectivity index (χ4n) is 3.37. The van der Waals surface area contributed by atoms with Crippen LogP contribution in [0.5, 0.6) is 0 Å². The second-order valence-corrected chi connectivity index (χ2v) is 7.67. The lowest BCUT2D eigenvalue weighted by Gasteiger charge is -2.10. The molecule has 4 heteroatoms. The number of ether oxygens (including phenoxy) is 2. The molecule has 1 heterocycles. The highest BCUT2D eigenvalue weighted by Crippen LogP contribution is 2.21. The summed E-state index contributed by atoms with van der Waals surface area (Å²) in [6.45, 7) is 3.11. The largest absolute Gasteiger partial charge is 0.384 e. The van der Waals surface area contributed by atoms with Crippen LogP contribution in [0.1, 0.15) is 34.5 Å². The van der Waals surface area contributed by atoms with Crippen LogP contribution < -0.4 is 0 Å². The molecular weight excluding hydrogens is 424 g/mol. The smallest absolute Gasteiger partial charge is 0.104 e. The number of hydrogen-bond acceptors (Lipinski definition) is 4. The van der Waals surface area contributed by atoms with Gasteiger partial charge in [0.25, 0.3) is 0 Å². The van der Waals surface area contributed by atoms with Crippen molar-refractivity contribution in [3.05, 3.63) is 144 Å². The van der Waals surface area contributed by atoms with Crippen LogP contribution >= 0.6 is 0 Å². The number of benzene rings is 4. The van der Waals surface area contributed by atoms with Crippen LogP contribution in [-0.2, 0) is 9.47 Å². The average Bonchev–Trinajstić information content (AvgIpc) is 2.96. The highest BCUT2D eigenvalue weighted by Gasteiger charge is 2.08. The molecule has 1 fully saturated rings. The molecule has 0 saturated carbocycles. The highest BCUT2D eigenvalue weighted by molar-refractivity contribution is 5.30. The second-order valence-electron chi connectivity index (χ2n) is 7.67. The predicted octanol–water partition coefficient (Wildman–Crippen LogP) is 5.57. The quantitative estimate of drug-likeness (QED) is 0.422. The monoisotopic (exact) mass is 456 g/mol.